The van der Waals surface area contributed by atoms with Gasteiger partial charge in [0, 0.05) is 9.52 Å². The van der Waals surface area contributed by atoms with Crippen LogP contribution in [0.25, 0.3) is 0 Å². The first kappa shape index (κ1) is 10.4. The molecule has 0 aliphatic rings. The molecule has 0 aliphatic heterocycles. The maximum absolute atomic E-state index is 3.63. The van der Waals surface area contributed by atoms with Gasteiger partial charge in [0.05, 0.1) is 9.68 Å². The molecular formula is C7H21NSi2. The van der Waals surface area contributed by atoms with Crippen molar-refractivity contribution in [1.82, 2.24) is 4.98 Å². The predicted octanol–water partition coefficient (Wildman–Crippen LogP) is 0.512. The fourth-order valence-electron chi connectivity index (χ4n) is 0.868. The van der Waals surface area contributed by atoms with Gasteiger partial charge in [0.15, 0.2) is 0 Å². The van der Waals surface area contributed by atoms with Gasteiger partial charge in [0.1, 0.15) is 0 Å². The van der Waals surface area contributed by atoms with Crippen molar-refractivity contribution in [2.75, 3.05) is 0 Å². The molecule has 3 heteroatoms. The summed E-state index contributed by atoms with van der Waals surface area (Å²) < 4.78 is 0. The summed E-state index contributed by atoms with van der Waals surface area (Å²) >= 11 is 0. The van der Waals surface area contributed by atoms with Crippen molar-refractivity contribution in [3.8, 4) is 0 Å². The smallest absolute Gasteiger partial charge is 0.0916 e. The SMILES string of the molecule is CCC(C)N[SiH2]CC[SiH2]C. The van der Waals surface area contributed by atoms with Crippen molar-refractivity contribution >= 4 is 19.2 Å². The molecule has 1 unspecified atom stereocenters. The number of hydrogen-bond acceptors (Lipinski definition) is 1. The normalized spacial score (nSPS) is 15.9. The summed E-state index contributed by atoms with van der Waals surface area (Å²) in [6.07, 6.45) is 1.29. The van der Waals surface area contributed by atoms with Gasteiger partial charge in [-0.25, -0.2) is 0 Å². The average Bonchev–Trinajstić information content (AvgIpc) is 1.98. The van der Waals surface area contributed by atoms with Crippen LogP contribution in [0.4, 0.5) is 0 Å². The Morgan fingerprint density at radius 1 is 1.40 bits per heavy atom. The predicted molar refractivity (Wildman–Crippen MR) is 55.5 cm³/mol. The van der Waals surface area contributed by atoms with Crippen molar-refractivity contribution < 1.29 is 0 Å². The summed E-state index contributed by atoms with van der Waals surface area (Å²) in [7, 11) is 0.484. The molecule has 0 spiro atoms. The van der Waals surface area contributed by atoms with Crippen LogP contribution in [0, 0.1) is 0 Å². The molecule has 0 fully saturated rings. The Morgan fingerprint density at radius 3 is 2.60 bits per heavy atom. The molecule has 10 heavy (non-hydrogen) atoms. The fourth-order valence-corrected chi connectivity index (χ4v) is 4.85. The van der Waals surface area contributed by atoms with E-state index in [1.807, 2.05) is 0 Å². The molecule has 0 radical (unpaired) electrons. The first-order chi connectivity index (χ1) is 4.81. The summed E-state index contributed by atoms with van der Waals surface area (Å²) in [5, 5.41) is 0. The fraction of sp³-hybridized carbons (Fsp3) is 1.00. The van der Waals surface area contributed by atoms with Gasteiger partial charge in [-0.1, -0.05) is 32.5 Å². The Morgan fingerprint density at radius 2 is 2.10 bits per heavy atom. The monoisotopic (exact) mass is 175 g/mol. The lowest BCUT2D eigenvalue weighted by Crippen LogP contribution is -2.28. The topological polar surface area (TPSA) is 12.0 Å². The molecule has 0 rings (SSSR count). The summed E-state index contributed by atoms with van der Waals surface area (Å²) in [4.78, 5) is 3.63. The maximum Gasteiger partial charge on any atom is 0.0916 e. The lowest BCUT2D eigenvalue weighted by Gasteiger charge is -2.09. The van der Waals surface area contributed by atoms with E-state index in [2.05, 4.69) is 25.4 Å². The third-order valence-corrected chi connectivity index (χ3v) is 5.93. The van der Waals surface area contributed by atoms with Crippen LogP contribution in [0.1, 0.15) is 20.3 Å². The second-order valence-corrected chi connectivity index (χ2v) is 6.29. The molecule has 1 atom stereocenters. The third kappa shape index (κ3) is 6.51. The highest BCUT2D eigenvalue weighted by Gasteiger charge is 1.94. The van der Waals surface area contributed by atoms with E-state index in [9.17, 15) is 0 Å². The van der Waals surface area contributed by atoms with Gasteiger partial charge >= 0.3 is 0 Å². The molecular weight excluding hydrogens is 154 g/mol. The minimum absolute atomic E-state index is 0.127. The van der Waals surface area contributed by atoms with E-state index in [-0.39, 0.29) is 9.68 Å². The van der Waals surface area contributed by atoms with Gasteiger partial charge in [0.2, 0.25) is 0 Å². The Hall–Kier alpha value is 0.394. The minimum atomic E-state index is 0.127. The zero-order chi connectivity index (χ0) is 7.82. The van der Waals surface area contributed by atoms with Crippen molar-refractivity contribution in [3.05, 3.63) is 0 Å². The standard InChI is InChI=1S/C7H21NSi2/c1-4-7(2)8-10-6-5-9-3/h7-8H,4-6,9-10H2,1-3H3. The van der Waals surface area contributed by atoms with E-state index in [0.717, 1.165) is 6.04 Å². The van der Waals surface area contributed by atoms with E-state index in [1.54, 1.807) is 6.04 Å². The lowest BCUT2D eigenvalue weighted by molar-refractivity contribution is 0.654. The summed E-state index contributed by atoms with van der Waals surface area (Å²) in [5.41, 5.74) is 0. The molecule has 0 saturated heterocycles. The summed E-state index contributed by atoms with van der Waals surface area (Å²) in [6.45, 7) is 6.94. The second-order valence-electron chi connectivity index (χ2n) is 2.97. The molecule has 0 aromatic heterocycles. The zero-order valence-electron chi connectivity index (χ0n) is 7.61. The third-order valence-electron chi connectivity index (χ3n) is 1.89. The highest BCUT2D eigenvalue weighted by Crippen LogP contribution is 1.89. The molecule has 0 aromatic rings. The van der Waals surface area contributed by atoms with E-state index in [0.29, 0.717) is 9.52 Å². The maximum atomic E-state index is 3.63. The number of nitrogens with one attached hydrogen (secondary N) is 1. The van der Waals surface area contributed by atoms with Crippen LogP contribution in [0.2, 0.25) is 18.6 Å². The van der Waals surface area contributed by atoms with Gasteiger partial charge in [-0.3, -0.25) is 0 Å². The zero-order valence-corrected chi connectivity index (χ0v) is 10.4. The summed E-state index contributed by atoms with van der Waals surface area (Å²) in [5.74, 6) is 0. The first-order valence-corrected chi connectivity index (χ1v) is 8.66. The molecule has 0 aromatic carbocycles. The van der Waals surface area contributed by atoms with Crippen LogP contribution in [0.5, 0.6) is 0 Å². The minimum Gasteiger partial charge on any atom is -0.340 e. The highest BCUT2D eigenvalue weighted by molar-refractivity contribution is 6.39. The molecule has 0 amide bonds. The Labute approximate surface area is 69.7 Å². The lowest BCUT2D eigenvalue weighted by atomic mass is 10.3. The van der Waals surface area contributed by atoms with Crippen LogP contribution in [-0.4, -0.2) is 25.2 Å². The molecule has 0 aliphatic carbocycles. The number of hydrogen-bond donors (Lipinski definition) is 1. The van der Waals surface area contributed by atoms with E-state index in [1.165, 1.54) is 12.5 Å². The van der Waals surface area contributed by atoms with Crippen molar-refractivity contribution in [2.45, 2.75) is 44.9 Å². The van der Waals surface area contributed by atoms with Crippen molar-refractivity contribution in [3.63, 3.8) is 0 Å². The van der Waals surface area contributed by atoms with Gasteiger partial charge in [-0.2, -0.15) is 0 Å². The van der Waals surface area contributed by atoms with Crippen LogP contribution < -0.4 is 4.98 Å². The number of rotatable bonds is 6. The van der Waals surface area contributed by atoms with Crippen LogP contribution in [-0.2, 0) is 0 Å². The Kier molecular flexibility index (Phi) is 7.80. The van der Waals surface area contributed by atoms with Gasteiger partial charge in [-0.15, -0.1) is 0 Å². The van der Waals surface area contributed by atoms with Crippen LogP contribution >= 0.6 is 0 Å². The quantitative estimate of drug-likeness (QED) is 0.458. The van der Waals surface area contributed by atoms with Crippen molar-refractivity contribution in [1.29, 1.82) is 0 Å². The second kappa shape index (κ2) is 7.50. The largest absolute Gasteiger partial charge is 0.340 e. The summed E-state index contributed by atoms with van der Waals surface area (Å²) in [6, 6.07) is 3.88. The Bertz CT molecular complexity index is 68.6. The van der Waals surface area contributed by atoms with E-state index in [4.69, 9.17) is 0 Å². The average molecular weight is 175 g/mol. The molecule has 1 nitrogen and oxygen atoms in total. The van der Waals surface area contributed by atoms with Gasteiger partial charge in [-0.05, 0) is 12.5 Å². The van der Waals surface area contributed by atoms with Gasteiger partial charge < -0.3 is 4.98 Å². The molecule has 0 heterocycles. The van der Waals surface area contributed by atoms with Gasteiger partial charge in [0.25, 0.3) is 0 Å². The van der Waals surface area contributed by atoms with Crippen molar-refractivity contribution in [2.24, 2.45) is 0 Å². The van der Waals surface area contributed by atoms with Crippen LogP contribution in [0.15, 0.2) is 0 Å². The Balaban J connectivity index is 2.89. The first-order valence-electron chi connectivity index (χ1n) is 4.54. The van der Waals surface area contributed by atoms with Crippen LogP contribution in [0.3, 0.4) is 0 Å². The van der Waals surface area contributed by atoms with E-state index < -0.39 is 0 Å². The van der Waals surface area contributed by atoms with E-state index >= 15 is 0 Å². The highest BCUT2D eigenvalue weighted by atomic mass is 28.2. The molecule has 0 bridgehead atoms. The molecule has 0 saturated carbocycles. The molecule has 62 valence electrons. The molecule has 1 N–H and O–H groups in total.